The molecule has 0 aliphatic carbocycles. The lowest BCUT2D eigenvalue weighted by molar-refractivity contribution is -0.134. The minimum atomic E-state index is 0.167. The van der Waals surface area contributed by atoms with Crippen molar-refractivity contribution in [2.75, 3.05) is 0 Å². The summed E-state index contributed by atoms with van der Waals surface area (Å²) in [6, 6.07) is 5.67. The van der Waals surface area contributed by atoms with Crippen LogP contribution in [0.5, 0.6) is 0 Å². The Labute approximate surface area is 125 Å². The molecule has 0 heterocycles. The molecule has 1 aromatic carbocycles. The number of hydrogen-bond donors (Lipinski definition) is 0. The van der Waals surface area contributed by atoms with Crippen LogP contribution in [-0.2, 0) is 11.3 Å². The Balaban J connectivity index is 2.83. The molecule has 2 nitrogen and oxygen atoms in total. The van der Waals surface area contributed by atoms with Crippen molar-refractivity contribution in [1.82, 2.24) is 4.90 Å². The molecule has 1 rings (SSSR count). The van der Waals surface area contributed by atoms with Crippen LogP contribution in [0, 0.1) is 5.92 Å². The highest BCUT2D eigenvalue weighted by Crippen LogP contribution is 2.24. The summed E-state index contributed by atoms with van der Waals surface area (Å²) in [7, 11) is 0. The van der Waals surface area contributed by atoms with Crippen LogP contribution in [0.3, 0.4) is 0 Å². The summed E-state index contributed by atoms with van der Waals surface area (Å²) < 4.78 is 0. The van der Waals surface area contributed by atoms with Crippen molar-refractivity contribution >= 4 is 29.1 Å². The van der Waals surface area contributed by atoms with E-state index in [0.717, 1.165) is 5.56 Å². The molecule has 0 unspecified atom stereocenters. The summed E-state index contributed by atoms with van der Waals surface area (Å²) in [4.78, 5) is 14.1. The first-order chi connectivity index (χ1) is 8.81. The van der Waals surface area contributed by atoms with E-state index in [1.165, 1.54) is 0 Å². The van der Waals surface area contributed by atoms with Crippen molar-refractivity contribution in [2.45, 2.75) is 46.7 Å². The van der Waals surface area contributed by atoms with Gasteiger partial charge < -0.3 is 4.90 Å². The first-order valence-corrected chi connectivity index (χ1v) is 7.30. The fourth-order valence-corrected chi connectivity index (χ4v) is 2.18. The third-order valence-electron chi connectivity index (χ3n) is 2.86. The van der Waals surface area contributed by atoms with Gasteiger partial charge in [-0.1, -0.05) is 43.1 Å². The average molecular weight is 302 g/mol. The highest BCUT2D eigenvalue weighted by atomic mass is 35.5. The average Bonchev–Trinajstić information content (AvgIpc) is 2.29. The fourth-order valence-electron chi connectivity index (χ4n) is 1.86. The van der Waals surface area contributed by atoms with Gasteiger partial charge in [0.25, 0.3) is 0 Å². The molecule has 0 bridgehead atoms. The maximum atomic E-state index is 12.2. The number of halogens is 2. The lowest BCUT2D eigenvalue weighted by atomic mass is 10.1. The minimum absolute atomic E-state index is 0.167. The molecule has 0 aliphatic heterocycles. The first kappa shape index (κ1) is 16.3. The Bertz CT molecular complexity index is 444. The smallest absolute Gasteiger partial charge is 0.223 e. The molecular weight excluding hydrogens is 281 g/mol. The molecule has 1 aromatic rings. The SMILES string of the molecule is CC(C)CC(=O)N(Cc1ccc(Cl)c(Cl)c1)C(C)C. The minimum Gasteiger partial charge on any atom is -0.336 e. The van der Waals surface area contributed by atoms with Gasteiger partial charge in [0.2, 0.25) is 5.91 Å². The molecule has 1 amide bonds. The van der Waals surface area contributed by atoms with Crippen LogP contribution in [0.1, 0.15) is 39.7 Å². The summed E-state index contributed by atoms with van der Waals surface area (Å²) >= 11 is 11.9. The number of amides is 1. The van der Waals surface area contributed by atoms with Gasteiger partial charge in [-0.2, -0.15) is 0 Å². The highest BCUT2D eigenvalue weighted by molar-refractivity contribution is 6.42. The van der Waals surface area contributed by atoms with E-state index in [4.69, 9.17) is 23.2 Å². The zero-order valence-corrected chi connectivity index (χ0v) is 13.4. The Morgan fingerprint density at radius 1 is 1.16 bits per heavy atom. The molecule has 4 heteroatoms. The molecule has 0 aliphatic rings. The van der Waals surface area contributed by atoms with Crippen LogP contribution in [0.4, 0.5) is 0 Å². The number of nitrogens with zero attached hydrogens (tertiary/aromatic N) is 1. The molecule has 0 radical (unpaired) electrons. The Hall–Kier alpha value is -0.730. The van der Waals surface area contributed by atoms with Gasteiger partial charge in [0.1, 0.15) is 0 Å². The summed E-state index contributed by atoms with van der Waals surface area (Å²) in [6.45, 7) is 8.72. The van der Waals surface area contributed by atoms with E-state index < -0.39 is 0 Å². The zero-order valence-electron chi connectivity index (χ0n) is 11.9. The van der Waals surface area contributed by atoms with E-state index >= 15 is 0 Å². The zero-order chi connectivity index (χ0) is 14.6. The van der Waals surface area contributed by atoms with Crippen molar-refractivity contribution in [3.05, 3.63) is 33.8 Å². The van der Waals surface area contributed by atoms with E-state index in [1.807, 2.05) is 30.9 Å². The van der Waals surface area contributed by atoms with Crippen LogP contribution in [0.15, 0.2) is 18.2 Å². The Kier molecular flexibility index (Phi) is 6.15. The van der Waals surface area contributed by atoms with Gasteiger partial charge >= 0.3 is 0 Å². The van der Waals surface area contributed by atoms with Gasteiger partial charge in [-0.3, -0.25) is 4.79 Å². The van der Waals surface area contributed by atoms with Gasteiger partial charge in [-0.05, 0) is 37.5 Å². The van der Waals surface area contributed by atoms with E-state index in [9.17, 15) is 4.79 Å². The van der Waals surface area contributed by atoms with E-state index in [-0.39, 0.29) is 11.9 Å². The van der Waals surface area contributed by atoms with Crippen LogP contribution in [0.25, 0.3) is 0 Å². The van der Waals surface area contributed by atoms with E-state index in [2.05, 4.69) is 13.8 Å². The normalized spacial score (nSPS) is 11.2. The number of carbonyl (C=O) groups excluding carboxylic acids is 1. The molecule has 0 atom stereocenters. The number of rotatable bonds is 5. The molecule has 0 saturated heterocycles. The predicted molar refractivity (Wildman–Crippen MR) is 81.6 cm³/mol. The van der Waals surface area contributed by atoms with Crippen molar-refractivity contribution in [3.8, 4) is 0 Å². The highest BCUT2D eigenvalue weighted by Gasteiger charge is 2.18. The molecular formula is C15H21Cl2NO. The molecule has 0 fully saturated rings. The third kappa shape index (κ3) is 5.04. The molecule has 0 saturated carbocycles. The number of benzene rings is 1. The summed E-state index contributed by atoms with van der Waals surface area (Å²) in [5.74, 6) is 0.540. The van der Waals surface area contributed by atoms with Crippen LogP contribution < -0.4 is 0 Å². The van der Waals surface area contributed by atoms with Gasteiger partial charge in [0.15, 0.2) is 0 Å². The van der Waals surface area contributed by atoms with Crippen molar-refractivity contribution < 1.29 is 4.79 Å². The summed E-state index contributed by atoms with van der Waals surface area (Å²) in [5.41, 5.74) is 1.00. The topological polar surface area (TPSA) is 20.3 Å². The van der Waals surface area contributed by atoms with Gasteiger partial charge in [0, 0.05) is 19.0 Å². The standard InChI is InChI=1S/C15H21Cl2NO/c1-10(2)7-15(19)18(11(3)4)9-12-5-6-13(16)14(17)8-12/h5-6,8,10-11H,7,9H2,1-4H3. The third-order valence-corrected chi connectivity index (χ3v) is 3.60. The summed E-state index contributed by atoms with van der Waals surface area (Å²) in [5, 5.41) is 1.06. The molecule has 0 spiro atoms. The molecule has 106 valence electrons. The van der Waals surface area contributed by atoms with Crippen molar-refractivity contribution in [2.24, 2.45) is 5.92 Å². The van der Waals surface area contributed by atoms with Crippen molar-refractivity contribution in [1.29, 1.82) is 0 Å². The second-order valence-electron chi connectivity index (χ2n) is 5.46. The lowest BCUT2D eigenvalue weighted by Gasteiger charge is -2.28. The van der Waals surface area contributed by atoms with E-state index in [0.29, 0.717) is 28.9 Å². The van der Waals surface area contributed by atoms with Gasteiger partial charge in [-0.25, -0.2) is 0 Å². The number of hydrogen-bond acceptors (Lipinski definition) is 1. The summed E-state index contributed by atoms with van der Waals surface area (Å²) in [6.07, 6.45) is 0.569. The first-order valence-electron chi connectivity index (χ1n) is 6.54. The second-order valence-corrected chi connectivity index (χ2v) is 6.28. The monoisotopic (exact) mass is 301 g/mol. The maximum absolute atomic E-state index is 12.2. The number of carbonyl (C=O) groups is 1. The predicted octanol–water partition coefficient (Wildman–Crippen LogP) is 4.78. The van der Waals surface area contributed by atoms with Crippen LogP contribution in [0.2, 0.25) is 10.0 Å². The van der Waals surface area contributed by atoms with Crippen LogP contribution in [-0.4, -0.2) is 16.8 Å². The largest absolute Gasteiger partial charge is 0.336 e. The van der Waals surface area contributed by atoms with Crippen LogP contribution >= 0.6 is 23.2 Å². The fraction of sp³-hybridized carbons (Fsp3) is 0.533. The van der Waals surface area contributed by atoms with E-state index in [1.54, 1.807) is 6.07 Å². The maximum Gasteiger partial charge on any atom is 0.223 e. The lowest BCUT2D eigenvalue weighted by Crippen LogP contribution is -2.36. The Morgan fingerprint density at radius 2 is 1.79 bits per heavy atom. The molecule has 0 aromatic heterocycles. The Morgan fingerprint density at radius 3 is 2.26 bits per heavy atom. The molecule has 0 N–H and O–H groups in total. The van der Waals surface area contributed by atoms with Gasteiger partial charge in [0.05, 0.1) is 10.0 Å². The van der Waals surface area contributed by atoms with Gasteiger partial charge in [-0.15, -0.1) is 0 Å². The second kappa shape index (κ2) is 7.16. The molecule has 19 heavy (non-hydrogen) atoms. The van der Waals surface area contributed by atoms with Crippen molar-refractivity contribution in [3.63, 3.8) is 0 Å². The quantitative estimate of drug-likeness (QED) is 0.766.